The molecule has 1 atom stereocenters. The van der Waals surface area contributed by atoms with Crippen molar-refractivity contribution in [3.05, 3.63) is 24.3 Å². The number of hydrogen-bond acceptors (Lipinski definition) is 4. The summed E-state index contributed by atoms with van der Waals surface area (Å²) < 4.78 is 10.2. The van der Waals surface area contributed by atoms with E-state index in [1.165, 1.54) is 0 Å². The number of methoxy groups -OCH3 is 2. The first-order valence-corrected chi connectivity index (χ1v) is 5.33. The van der Waals surface area contributed by atoms with E-state index in [4.69, 9.17) is 9.47 Å². The van der Waals surface area contributed by atoms with E-state index >= 15 is 0 Å². The number of benzene rings is 1. The predicted octanol–water partition coefficient (Wildman–Crippen LogP) is 2.05. The van der Waals surface area contributed by atoms with Crippen LogP contribution in [0.5, 0.6) is 5.75 Å². The molecule has 0 saturated heterocycles. The second-order valence-corrected chi connectivity index (χ2v) is 3.92. The molecule has 0 fully saturated rings. The van der Waals surface area contributed by atoms with Crippen LogP contribution in [-0.4, -0.2) is 32.6 Å². The Balaban J connectivity index is 2.49. The second-order valence-electron chi connectivity index (χ2n) is 3.19. The average Bonchev–Trinajstić information content (AvgIpc) is 2.27. The predicted molar refractivity (Wildman–Crippen MR) is 66.1 cm³/mol. The van der Waals surface area contributed by atoms with Crippen LogP contribution in [0.1, 0.15) is 0 Å². The Kier molecular flexibility index (Phi) is 5.36. The van der Waals surface area contributed by atoms with Crippen LogP contribution < -0.4 is 10.1 Å². The van der Waals surface area contributed by atoms with Crippen molar-refractivity contribution in [2.75, 3.05) is 32.7 Å². The molecule has 0 aliphatic carbocycles. The minimum Gasteiger partial charge on any atom is -0.495 e. The van der Waals surface area contributed by atoms with Crippen molar-refractivity contribution in [1.29, 1.82) is 0 Å². The van der Waals surface area contributed by atoms with Crippen LogP contribution in [-0.2, 0) is 4.74 Å². The Labute approximate surface area is 96.2 Å². The Morgan fingerprint density at radius 2 is 2.07 bits per heavy atom. The minimum absolute atomic E-state index is 0.180. The van der Waals surface area contributed by atoms with Gasteiger partial charge in [-0.2, -0.15) is 12.6 Å². The van der Waals surface area contributed by atoms with Crippen LogP contribution in [0.2, 0.25) is 0 Å². The topological polar surface area (TPSA) is 30.5 Å². The van der Waals surface area contributed by atoms with E-state index in [1.54, 1.807) is 14.2 Å². The van der Waals surface area contributed by atoms with Crippen molar-refractivity contribution in [2.45, 2.75) is 5.25 Å². The molecule has 0 bridgehead atoms. The third kappa shape index (κ3) is 4.01. The first-order valence-electron chi connectivity index (χ1n) is 4.81. The zero-order chi connectivity index (χ0) is 11.1. The standard InChI is InChI=1S/C11H17NO2S/c1-13-8-9(15)7-12-10-5-3-4-6-11(10)14-2/h3-6,9,12,15H,7-8H2,1-2H3. The Bertz CT molecular complexity index is 294. The number of para-hydroxylation sites is 2. The zero-order valence-electron chi connectivity index (χ0n) is 9.06. The lowest BCUT2D eigenvalue weighted by molar-refractivity contribution is 0.202. The number of ether oxygens (including phenoxy) is 2. The van der Waals surface area contributed by atoms with Gasteiger partial charge in [0.2, 0.25) is 0 Å². The summed E-state index contributed by atoms with van der Waals surface area (Å²) >= 11 is 4.38. The molecule has 1 rings (SSSR count). The van der Waals surface area contributed by atoms with Crippen LogP contribution in [0.15, 0.2) is 24.3 Å². The quantitative estimate of drug-likeness (QED) is 0.729. The van der Waals surface area contributed by atoms with E-state index in [2.05, 4.69) is 17.9 Å². The molecule has 0 amide bonds. The number of anilines is 1. The molecule has 84 valence electrons. The van der Waals surface area contributed by atoms with Gasteiger partial charge in [-0.15, -0.1) is 0 Å². The maximum absolute atomic E-state index is 5.22. The normalized spacial score (nSPS) is 12.2. The molecular weight excluding hydrogens is 210 g/mol. The number of thiol groups is 1. The highest BCUT2D eigenvalue weighted by molar-refractivity contribution is 7.81. The first-order chi connectivity index (χ1) is 7.27. The zero-order valence-corrected chi connectivity index (χ0v) is 9.96. The molecule has 3 nitrogen and oxygen atoms in total. The summed E-state index contributed by atoms with van der Waals surface area (Å²) in [4.78, 5) is 0. The fourth-order valence-electron chi connectivity index (χ4n) is 1.27. The Morgan fingerprint density at radius 1 is 1.33 bits per heavy atom. The van der Waals surface area contributed by atoms with Crippen molar-refractivity contribution < 1.29 is 9.47 Å². The molecule has 4 heteroatoms. The van der Waals surface area contributed by atoms with E-state index in [0.717, 1.165) is 18.0 Å². The van der Waals surface area contributed by atoms with Crippen molar-refractivity contribution in [1.82, 2.24) is 0 Å². The van der Waals surface area contributed by atoms with Gasteiger partial charge in [0.1, 0.15) is 5.75 Å². The lowest BCUT2D eigenvalue weighted by Gasteiger charge is -2.14. The molecular formula is C11H17NO2S. The van der Waals surface area contributed by atoms with E-state index in [1.807, 2.05) is 24.3 Å². The summed E-state index contributed by atoms with van der Waals surface area (Å²) in [7, 11) is 3.33. The van der Waals surface area contributed by atoms with Crippen LogP contribution in [0, 0.1) is 0 Å². The summed E-state index contributed by atoms with van der Waals surface area (Å²) in [5, 5.41) is 3.45. The molecule has 1 aromatic carbocycles. The first kappa shape index (κ1) is 12.2. The molecule has 0 aromatic heterocycles. The van der Waals surface area contributed by atoms with Gasteiger partial charge in [-0.1, -0.05) is 12.1 Å². The SMILES string of the molecule is COCC(S)CNc1ccccc1OC. The molecule has 0 saturated carbocycles. The van der Waals surface area contributed by atoms with Crippen molar-refractivity contribution in [2.24, 2.45) is 0 Å². The third-order valence-corrected chi connectivity index (χ3v) is 2.33. The van der Waals surface area contributed by atoms with E-state index in [-0.39, 0.29) is 5.25 Å². The molecule has 1 unspecified atom stereocenters. The van der Waals surface area contributed by atoms with Gasteiger partial charge in [-0.05, 0) is 12.1 Å². The summed E-state index contributed by atoms with van der Waals surface area (Å²) in [6.07, 6.45) is 0. The second kappa shape index (κ2) is 6.58. The maximum atomic E-state index is 5.22. The van der Waals surface area contributed by atoms with Gasteiger partial charge in [-0.25, -0.2) is 0 Å². The fraction of sp³-hybridized carbons (Fsp3) is 0.455. The summed E-state index contributed by atoms with van der Waals surface area (Å²) in [6, 6.07) is 7.81. The number of nitrogens with one attached hydrogen (secondary N) is 1. The third-order valence-electron chi connectivity index (χ3n) is 1.99. The lowest BCUT2D eigenvalue weighted by atomic mass is 10.3. The highest BCUT2D eigenvalue weighted by Crippen LogP contribution is 2.22. The molecule has 15 heavy (non-hydrogen) atoms. The van der Waals surface area contributed by atoms with Gasteiger partial charge >= 0.3 is 0 Å². The van der Waals surface area contributed by atoms with E-state index in [9.17, 15) is 0 Å². The molecule has 1 aromatic rings. The number of hydrogen-bond donors (Lipinski definition) is 2. The minimum atomic E-state index is 0.180. The number of rotatable bonds is 6. The monoisotopic (exact) mass is 227 g/mol. The van der Waals surface area contributed by atoms with Crippen LogP contribution in [0.4, 0.5) is 5.69 Å². The van der Waals surface area contributed by atoms with Crippen LogP contribution >= 0.6 is 12.6 Å². The van der Waals surface area contributed by atoms with Gasteiger partial charge in [0, 0.05) is 18.9 Å². The van der Waals surface area contributed by atoms with Crippen LogP contribution in [0.25, 0.3) is 0 Å². The lowest BCUT2D eigenvalue weighted by Crippen LogP contribution is -2.19. The van der Waals surface area contributed by atoms with Crippen molar-refractivity contribution in [3.63, 3.8) is 0 Å². The van der Waals surface area contributed by atoms with Gasteiger partial charge in [-0.3, -0.25) is 0 Å². The highest BCUT2D eigenvalue weighted by atomic mass is 32.1. The largest absolute Gasteiger partial charge is 0.495 e. The van der Waals surface area contributed by atoms with E-state index < -0.39 is 0 Å². The molecule has 1 N–H and O–H groups in total. The van der Waals surface area contributed by atoms with E-state index in [0.29, 0.717) is 6.61 Å². The molecule has 0 radical (unpaired) electrons. The molecule has 0 heterocycles. The van der Waals surface area contributed by atoms with Gasteiger partial charge in [0.15, 0.2) is 0 Å². The molecule has 0 aliphatic rings. The molecule has 0 spiro atoms. The molecule has 0 aliphatic heterocycles. The smallest absolute Gasteiger partial charge is 0.141 e. The highest BCUT2D eigenvalue weighted by Gasteiger charge is 2.04. The van der Waals surface area contributed by atoms with Gasteiger partial charge in [0.25, 0.3) is 0 Å². The maximum Gasteiger partial charge on any atom is 0.141 e. The Morgan fingerprint density at radius 3 is 2.73 bits per heavy atom. The summed E-state index contributed by atoms with van der Waals surface area (Å²) in [5.41, 5.74) is 0.982. The van der Waals surface area contributed by atoms with Crippen molar-refractivity contribution in [3.8, 4) is 5.75 Å². The van der Waals surface area contributed by atoms with Gasteiger partial charge < -0.3 is 14.8 Å². The van der Waals surface area contributed by atoms with Crippen molar-refractivity contribution >= 4 is 18.3 Å². The average molecular weight is 227 g/mol. The fourth-order valence-corrected chi connectivity index (χ4v) is 1.51. The summed E-state index contributed by atoms with van der Waals surface area (Å²) in [5.74, 6) is 0.843. The Hall–Kier alpha value is -0.870. The summed E-state index contributed by atoms with van der Waals surface area (Å²) in [6.45, 7) is 1.38. The van der Waals surface area contributed by atoms with Gasteiger partial charge in [0.05, 0.1) is 19.4 Å². The van der Waals surface area contributed by atoms with Crippen LogP contribution in [0.3, 0.4) is 0 Å².